The van der Waals surface area contributed by atoms with Crippen LogP contribution in [0.15, 0.2) is 54.6 Å². The molecular weight excluding hydrogens is 351 g/mol. The average Bonchev–Trinajstić information content (AvgIpc) is 2.46. The molecule has 0 aromatic heterocycles. The van der Waals surface area contributed by atoms with Crippen molar-refractivity contribution in [1.82, 2.24) is 0 Å². The quantitative estimate of drug-likeness (QED) is 0.712. The maximum absolute atomic E-state index is 5.75. The van der Waals surface area contributed by atoms with Crippen molar-refractivity contribution in [3.8, 4) is 0 Å². The minimum Gasteiger partial charge on any atom is -0.374 e. The maximum atomic E-state index is 5.75. The van der Waals surface area contributed by atoms with Crippen LogP contribution in [0.4, 0.5) is 0 Å². The second-order valence-corrected chi connectivity index (χ2v) is 5.41. The van der Waals surface area contributed by atoms with Crippen LogP contribution in [0.25, 0.3) is 0 Å². The summed E-state index contributed by atoms with van der Waals surface area (Å²) in [6.07, 6.45) is -0.0168. The Morgan fingerprint density at radius 2 is 1.68 bits per heavy atom. The minimum atomic E-state index is -0.0168. The molecule has 2 aromatic rings. The van der Waals surface area contributed by atoms with Crippen molar-refractivity contribution in [3.63, 3.8) is 0 Å². The summed E-state index contributed by atoms with van der Waals surface area (Å²) in [4.78, 5) is 0. The Kier molecular flexibility index (Phi) is 5.82. The molecule has 100 valence electrons. The third-order valence-electron chi connectivity index (χ3n) is 2.92. The Morgan fingerprint density at radius 3 is 2.37 bits per heavy atom. The minimum absolute atomic E-state index is 0.0168. The highest BCUT2D eigenvalue weighted by Gasteiger charge is 2.13. The summed E-state index contributed by atoms with van der Waals surface area (Å²) in [5.74, 6) is 0. The molecule has 0 saturated carbocycles. The summed E-state index contributed by atoms with van der Waals surface area (Å²) in [5, 5.41) is 0. The van der Waals surface area contributed by atoms with Gasteiger partial charge >= 0.3 is 0 Å². The number of benzene rings is 2. The van der Waals surface area contributed by atoms with Crippen LogP contribution in [0, 0.1) is 3.57 Å². The zero-order chi connectivity index (χ0) is 13.5. The van der Waals surface area contributed by atoms with Gasteiger partial charge < -0.3 is 9.47 Å². The Bertz CT molecular complexity index is 499. The first-order valence-electron chi connectivity index (χ1n) is 6.20. The number of halogens is 1. The van der Waals surface area contributed by atoms with Crippen molar-refractivity contribution in [2.24, 2.45) is 0 Å². The second kappa shape index (κ2) is 7.62. The average molecular weight is 368 g/mol. The molecule has 0 unspecified atom stereocenters. The van der Waals surface area contributed by atoms with E-state index >= 15 is 0 Å². The molecule has 0 radical (unpaired) electrons. The summed E-state index contributed by atoms with van der Waals surface area (Å²) in [6.45, 7) is 1.18. The number of ether oxygens (including phenoxy) is 2. The predicted molar refractivity (Wildman–Crippen MR) is 85.0 cm³/mol. The molecule has 2 rings (SSSR count). The lowest BCUT2D eigenvalue weighted by molar-refractivity contribution is 0.000417. The molecule has 0 amide bonds. The first kappa shape index (κ1) is 14.5. The molecule has 0 N–H and O–H groups in total. The first-order chi connectivity index (χ1) is 9.31. The van der Waals surface area contributed by atoms with Crippen molar-refractivity contribution in [1.29, 1.82) is 0 Å². The highest BCUT2D eigenvalue weighted by molar-refractivity contribution is 14.1. The van der Waals surface area contributed by atoms with E-state index in [2.05, 4.69) is 46.9 Å². The van der Waals surface area contributed by atoms with Gasteiger partial charge in [0.2, 0.25) is 0 Å². The first-order valence-corrected chi connectivity index (χ1v) is 7.28. The fourth-order valence-electron chi connectivity index (χ4n) is 1.88. The SMILES string of the molecule is CO[C@@H](COCc1ccccc1)c1ccccc1I. The fraction of sp³-hybridized carbons (Fsp3) is 0.250. The zero-order valence-electron chi connectivity index (χ0n) is 10.9. The van der Waals surface area contributed by atoms with E-state index in [9.17, 15) is 0 Å². The van der Waals surface area contributed by atoms with Crippen molar-refractivity contribution in [2.75, 3.05) is 13.7 Å². The molecule has 0 aliphatic carbocycles. The van der Waals surface area contributed by atoms with Gasteiger partial charge in [-0.05, 0) is 39.8 Å². The standard InChI is InChI=1S/C16H17IO2/c1-18-16(14-9-5-6-10-15(14)17)12-19-11-13-7-3-2-4-8-13/h2-10,16H,11-12H2,1H3/t16-/m0/s1. The van der Waals surface area contributed by atoms with Gasteiger partial charge in [0.05, 0.1) is 13.2 Å². The molecule has 0 heterocycles. The van der Waals surface area contributed by atoms with Crippen LogP contribution in [0.2, 0.25) is 0 Å². The van der Waals surface area contributed by atoms with E-state index in [0.717, 1.165) is 0 Å². The van der Waals surface area contributed by atoms with Gasteiger partial charge in [-0.2, -0.15) is 0 Å². The lowest BCUT2D eigenvalue weighted by Crippen LogP contribution is -2.11. The van der Waals surface area contributed by atoms with E-state index in [1.807, 2.05) is 30.3 Å². The third-order valence-corrected chi connectivity index (χ3v) is 3.90. The molecule has 19 heavy (non-hydrogen) atoms. The van der Waals surface area contributed by atoms with Crippen molar-refractivity contribution in [3.05, 3.63) is 69.3 Å². The normalized spacial score (nSPS) is 12.3. The van der Waals surface area contributed by atoms with E-state index in [1.165, 1.54) is 14.7 Å². The largest absolute Gasteiger partial charge is 0.374 e. The summed E-state index contributed by atoms with van der Waals surface area (Å²) >= 11 is 2.33. The predicted octanol–water partition coefficient (Wildman–Crippen LogP) is 4.20. The van der Waals surface area contributed by atoms with E-state index in [0.29, 0.717) is 13.2 Å². The lowest BCUT2D eigenvalue weighted by atomic mass is 10.1. The zero-order valence-corrected chi connectivity index (χ0v) is 13.0. The van der Waals surface area contributed by atoms with Crippen LogP contribution in [0.5, 0.6) is 0 Å². The Balaban J connectivity index is 1.92. The Morgan fingerprint density at radius 1 is 1.00 bits per heavy atom. The van der Waals surface area contributed by atoms with Gasteiger partial charge in [-0.3, -0.25) is 0 Å². The highest BCUT2D eigenvalue weighted by Crippen LogP contribution is 2.23. The molecule has 2 nitrogen and oxygen atoms in total. The van der Waals surface area contributed by atoms with Gasteiger partial charge in [0.25, 0.3) is 0 Å². The van der Waals surface area contributed by atoms with Crippen molar-refractivity contribution < 1.29 is 9.47 Å². The molecule has 0 saturated heterocycles. The molecule has 3 heteroatoms. The van der Waals surface area contributed by atoms with Gasteiger partial charge in [-0.1, -0.05) is 48.5 Å². The summed E-state index contributed by atoms with van der Waals surface area (Å²) in [6, 6.07) is 18.4. The summed E-state index contributed by atoms with van der Waals surface area (Å²) in [5.41, 5.74) is 2.36. The van der Waals surface area contributed by atoms with Gasteiger partial charge in [-0.15, -0.1) is 0 Å². The van der Waals surface area contributed by atoms with Crippen molar-refractivity contribution in [2.45, 2.75) is 12.7 Å². The van der Waals surface area contributed by atoms with Crippen molar-refractivity contribution >= 4 is 22.6 Å². The smallest absolute Gasteiger partial charge is 0.106 e. The van der Waals surface area contributed by atoms with Gasteiger partial charge in [0, 0.05) is 10.7 Å². The molecule has 1 atom stereocenters. The fourth-order valence-corrected chi connectivity index (χ4v) is 2.61. The molecule has 0 aliphatic rings. The van der Waals surface area contributed by atoms with E-state index in [-0.39, 0.29) is 6.10 Å². The van der Waals surface area contributed by atoms with Gasteiger partial charge in [0.1, 0.15) is 6.10 Å². The molecule has 0 bridgehead atoms. The van der Waals surface area contributed by atoms with Crippen LogP contribution >= 0.6 is 22.6 Å². The van der Waals surface area contributed by atoms with Crippen LogP contribution in [-0.2, 0) is 16.1 Å². The highest BCUT2D eigenvalue weighted by atomic mass is 127. The maximum Gasteiger partial charge on any atom is 0.106 e. The topological polar surface area (TPSA) is 18.5 Å². The Labute approximate surface area is 127 Å². The summed E-state index contributed by atoms with van der Waals surface area (Å²) in [7, 11) is 1.72. The van der Waals surface area contributed by atoms with Crippen LogP contribution in [0.1, 0.15) is 17.2 Å². The number of hydrogen-bond acceptors (Lipinski definition) is 2. The number of hydrogen-bond donors (Lipinski definition) is 0. The van der Waals surface area contributed by atoms with Crippen LogP contribution in [-0.4, -0.2) is 13.7 Å². The molecular formula is C16H17IO2. The Hall–Kier alpha value is -0.910. The lowest BCUT2D eigenvalue weighted by Gasteiger charge is -2.17. The number of methoxy groups -OCH3 is 1. The van der Waals surface area contributed by atoms with E-state index in [1.54, 1.807) is 7.11 Å². The van der Waals surface area contributed by atoms with Gasteiger partial charge in [0.15, 0.2) is 0 Å². The van der Waals surface area contributed by atoms with E-state index < -0.39 is 0 Å². The summed E-state index contributed by atoms with van der Waals surface area (Å²) < 4.78 is 12.5. The molecule has 0 spiro atoms. The molecule has 0 fully saturated rings. The van der Waals surface area contributed by atoms with Crippen LogP contribution in [0.3, 0.4) is 0 Å². The third kappa shape index (κ3) is 4.30. The second-order valence-electron chi connectivity index (χ2n) is 4.25. The van der Waals surface area contributed by atoms with Gasteiger partial charge in [-0.25, -0.2) is 0 Å². The molecule has 0 aliphatic heterocycles. The van der Waals surface area contributed by atoms with Crippen LogP contribution < -0.4 is 0 Å². The van der Waals surface area contributed by atoms with E-state index in [4.69, 9.17) is 9.47 Å². The molecule has 2 aromatic carbocycles. The number of rotatable bonds is 6. The monoisotopic (exact) mass is 368 g/mol.